The normalized spacial score (nSPS) is 15.6. The summed E-state index contributed by atoms with van der Waals surface area (Å²) in [6, 6.07) is 7.54. The molecule has 6 heteroatoms. The number of benzene rings is 1. The highest BCUT2D eigenvalue weighted by molar-refractivity contribution is 6.30. The van der Waals surface area contributed by atoms with Crippen LogP contribution in [-0.2, 0) is 0 Å². The number of halogens is 1. The van der Waals surface area contributed by atoms with Crippen LogP contribution in [0.25, 0.3) is 0 Å². The second-order valence-electron chi connectivity index (χ2n) is 5.18. The fourth-order valence-corrected chi connectivity index (χ4v) is 2.66. The summed E-state index contributed by atoms with van der Waals surface area (Å²) >= 11 is 5.99. The van der Waals surface area contributed by atoms with E-state index < -0.39 is 0 Å². The number of hydrogen-bond donors (Lipinski definition) is 1. The molecular formula is C15H18ClN5. The standard InChI is InChI=1S/C15H18ClN5/c16-12-6-5-7-13(10-12)18-14-11-17-20-15(19-14)21-8-3-1-2-4-9-21/h5-7,10-11H,1-4,8-9H2,(H,18,19,20). The molecule has 0 unspecified atom stereocenters. The Morgan fingerprint density at radius 1 is 1.10 bits per heavy atom. The minimum absolute atomic E-state index is 0.687. The van der Waals surface area contributed by atoms with Crippen LogP contribution >= 0.6 is 11.6 Å². The second-order valence-corrected chi connectivity index (χ2v) is 5.61. The minimum Gasteiger partial charge on any atom is -0.339 e. The molecule has 21 heavy (non-hydrogen) atoms. The van der Waals surface area contributed by atoms with Gasteiger partial charge in [-0.05, 0) is 31.0 Å². The van der Waals surface area contributed by atoms with Gasteiger partial charge in [0.2, 0.25) is 5.95 Å². The van der Waals surface area contributed by atoms with E-state index in [9.17, 15) is 0 Å². The van der Waals surface area contributed by atoms with Crippen molar-refractivity contribution in [2.75, 3.05) is 23.3 Å². The molecule has 0 aliphatic carbocycles. The highest BCUT2D eigenvalue weighted by Crippen LogP contribution is 2.20. The van der Waals surface area contributed by atoms with E-state index in [0.29, 0.717) is 16.8 Å². The van der Waals surface area contributed by atoms with Gasteiger partial charge < -0.3 is 10.2 Å². The summed E-state index contributed by atoms with van der Waals surface area (Å²) in [6.45, 7) is 2.00. The van der Waals surface area contributed by atoms with Crippen molar-refractivity contribution >= 4 is 29.1 Å². The number of anilines is 3. The quantitative estimate of drug-likeness (QED) is 0.938. The van der Waals surface area contributed by atoms with Crippen molar-refractivity contribution in [2.45, 2.75) is 25.7 Å². The molecule has 2 aromatic rings. The highest BCUT2D eigenvalue weighted by atomic mass is 35.5. The predicted octanol–water partition coefficient (Wildman–Crippen LogP) is 3.65. The molecule has 0 radical (unpaired) electrons. The predicted molar refractivity (Wildman–Crippen MR) is 85.2 cm³/mol. The molecule has 0 spiro atoms. The molecule has 5 nitrogen and oxygen atoms in total. The molecule has 110 valence electrons. The van der Waals surface area contributed by atoms with Crippen LogP contribution in [0.5, 0.6) is 0 Å². The Balaban J connectivity index is 1.76. The van der Waals surface area contributed by atoms with Crippen molar-refractivity contribution < 1.29 is 0 Å². The molecule has 0 saturated carbocycles. The molecule has 2 heterocycles. The van der Waals surface area contributed by atoms with Gasteiger partial charge in [-0.3, -0.25) is 0 Å². The van der Waals surface area contributed by atoms with Crippen molar-refractivity contribution in [1.82, 2.24) is 15.2 Å². The van der Waals surface area contributed by atoms with Gasteiger partial charge in [-0.2, -0.15) is 10.1 Å². The van der Waals surface area contributed by atoms with Gasteiger partial charge in [0.05, 0.1) is 6.20 Å². The number of hydrogen-bond acceptors (Lipinski definition) is 5. The van der Waals surface area contributed by atoms with E-state index in [2.05, 4.69) is 25.4 Å². The fraction of sp³-hybridized carbons (Fsp3) is 0.400. The average molecular weight is 304 g/mol. The molecular weight excluding hydrogens is 286 g/mol. The van der Waals surface area contributed by atoms with E-state index in [4.69, 9.17) is 11.6 Å². The highest BCUT2D eigenvalue weighted by Gasteiger charge is 2.13. The van der Waals surface area contributed by atoms with Crippen LogP contribution in [0, 0.1) is 0 Å². The number of aromatic nitrogens is 3. The lowest BCUT2D eigenvalue weighted by atomic mass is 10.2. The smallest absolute Gasteiger partial charge is 0.247 e. The Kier molecular flexibility index (Phi) is 4.50. The first-order valence-electron chi connectivity index (χ1n) is 7.28. The zero-order valence-electron chi connectivity index (χ0n) is 11.8. The van der Waals surface area contributed by atoms with Gasteiger partial charge in [-0.25, -0.2) is 0 Å². The van der Waals surface area contributed by atoms with E-state index >= 15 is 0 Å². The number of nitrogens with one attached hydrogen (secondary N) is 1. The summed E-state index contributed by atoms with van der Waals surface area (Å²) in [5.41, 5.74) is 0.893. The van der Waals surface area contributed by atoms with Crippen LogP contribution < -0.4 is 10.2 Å². The molecule has 1 aliphatic heterocycles. The number of rotatable bonds is 3. The lowest BCUT2D eigenvalue weighted by Crippen LogP contribution is -2.26. The first-order valence-corrected chi connectivity index (χ1v) is 7.66. The zero-order valence-corrected chi connectivity index (χ0v) is 12.6. The number of nitrogens with zero attached hydrogens (tertiary/aromatic N) is 4. The summed E-state index contributed by atoms with van der Waals surface area (Å²) in [5.74, 6) is 1.38. The van der Waals surface area contributed by atoms with Gasteiger partial charge in [-0.1, -0.05) is 30.5 Å². The Labute approximate surface area is 129 Å². The SMILES string of the molecule is Clc1cccc(Nc2cnnc(N3CCCCCC3)n2)c1. The maximum absolute atomic E-state index is 5.99. The summed E-state index contributed by atoms with van der Waals surface area (Å²) < 4.78 is 0. The van der Waals surface area contributed by atoms with E-state index in [1.165, 1.54) is 25.7 Å². The molecule has 1 N–H and O–H groups in total. The summed E-state index contributed by atoms with van der Waals surface area (Å²) in [4.78, 5) is 6.77. The Bertz CT molecular complexity index is 596. The van der Waals surface area contributed by atoms with Gasteiger partial charge in [-0.15, -0.1) is 5.10 Å². The Morgan fingerprint density at radius 3 is 2.67 bits per heavy atom. The van der Waals surface area contributed by atoms with Crippen molar-refractivity contribution in [1.29, 1.82) is 0 Å². The average Bonchev–Trinajstić information content (AvgIpc) is 2.77. The van der Waals surface area contributed by atoms with Gasteiger partial charge >= 0.3 is 0 Å². The van der Waals surface area contributed by atoms with E-state index in [1.54, 1.807) is 6.20 Å². The van der Waals surface area contributed by atoms with Gasteiger partial charge in [0.15, 0.2) is 5.82 Å². The van der Waals surface area contributed by atoms with E-state index in [0.717, 1.165) is 18.8 Å². The van der Waals surface area contributed by atoms with Crippen LogP contribution in [0.2, 0.25) is 5.02 Å². The maximum Gasteiger partial charge on any atom is 0.247 e. The van der Waals surface area contributed by atoms with Crippen LogP contribution in [0.4, 0.5) is 17.5 Å². The van der Waals surface area contributed by atoms with E-state index in [1.807, 2.05) is 24.3 Å². The van der Waals surface area contributed by atoms with Crippen LogP contribution in [-0.4, -0.2) is 28.3 Å². The third-order valence-electron chi connectivity index (χ3n) is 3.53. The van der Waals surface area contributed by atoms with E-state index in [-0.39, 0.29) is 0 Å². The third-order valence-corrected chi connectivity index (χ3v) is 3.77. The first kappa shape index (κ1) is 14.1. The second kappa shape index (κ2) is 6.72. The molecule has 1 aliphatic rings. The fourth-order valence-electron chi connectivity index (χ4n) is 2.47. The summed E-state index contributed by atoms with van der Waals surface area (Å²) in [5, 5.41) is 12.1. The lowest BCUT2D eigenvalue weighted by Gasteiger charge is -2.19. The van der Waals surface area contributed by atoms with Crippen molar-refractivity contribution in [3.05, 3.63) is 35.5 Å². The molecule has 3 rings (SSSR count). The molecule has 0 atom stereocenters. The van der Waals surface area contributed by atoms with Crippen LogP contribution in [0.1, 0.15) is 25.7 Å². The molecule has 1 saturated heterocycles. The monoisotopic (exact) mass is 303 g/mol. The molecule has 1 fully saturated rings. The van der Waals surface area contributed by atoms with Crippen molar-refractivity contribution in [3.8, 4) is 0 Å². The van der Waals surface area contributed by atoms with Crippen LogP contribution in [0.3, 0.4) is 0 Å². The molecule has 0 amide bonds. The Hall–Kier alpha value is -1.88. The van der Waals surface area contributed by atoms with Crippen molar-refractivity contribution in [3.63, 3.8) is 0 Å². The van der Waals surface area contributed by atoms with Crippen LogP contribution in [0.15, 0.2) is 30.5 Å². The minimum atomic E-state index is 0.687. The lowest BCUT2D eigenvalue weighted by molar-refractivity contribution is 0.726. The first-order chi connectivity index (χ1) is 10.3. The third kappa shape index (κ3) is 3.82. The molecule has 0 bridgehead atoms. The summed E-state index contributed by atoms with van der Waals surface area (Å²) in [7, 11) is 0. The van der Waals surface area contributed by atoms with Crippen molar-refractivity contribution in [2.24, 2.45) is 0 Å². The topological polar surface area (TPSA) is 53.9 Å². The van der Waals surface area contributed by atoms with Gasteiger partial charge in [0.1, 0.15) is 0 Å². The largest absolute Gasteiger partial charge is 0.339 e. The molecule has 1 aromatic carbocycles. The zero-order chi connectivity index (χ0) is 14.5. The van der Waals surface area contributed by atoms with Gasteiger partial charge in [0.25, 0.3) is 0 Å². The van der Waals surface area contributed by atoms with Gasteiger partial charge in [0, 0.05) is 23.8 Å². The summed E-state index contributed by atoms with van der Waals surface area (Å²) in [6.07, 6.45) is 6.57. The Morgan fingerprint density at radius 2 is 1.90 bits per heavy atom. The molecule has 1 aromatic heterocycles. The maximum atomic E-state index is 5.99.